The molecule has 14 heavy (non-hydrogen) atoms. The molecule has 3 nitrogen and oxygen atoms in total. The summed E-state index contributed by atoms with van der Waals surface area (Å²) in [6.45, 7) is 0. The zero-order valence-corrected chi connectivity index (χ0v) is 8.33. The van der Waals surface area contributed by atoms with Gasteiger partial charge in [-0.3, -0.25) is 10.1 Å². The van der Waals surface area contributed by atoms with Crippen LogP contribution in [0.15, 0.2) is 12.2 Å². The van der Waals surface area contributed by atoms with Crippen LogP contribution in [0.4, 0.5) is 0 Å². The molecule has 2 aliphatic carbocycles. The second kappa shape index (κ2) is 3.73. The lowest BCUT2D eigenvalue weighted by molar-refractivity contribution is -0.149. The summed E-state index contributed by atoms with van der Waals surface area (Å²) in [4.78, 5) is 11.1. The second-order valence-electron chi connectivity index (χ2n) is 4.35. The molecule has 0 bridgehead atoms. The third-order valence-corrected chi connectivity index (χ3v) is 3.33. The van der Waals surface area contributed by atoms with Gasteiger partial charge in [-0.15, -0.1) is 0 Å². The Bertz CT molecular complexity index is 256. The van der Waals surface area contributed by atoms with Gasteiger partial charge in [-0.25, -0.2) is 0 Å². The van der Waals surface area contributed by atoms with Crippen molar-refractivity contribution in [3.63, 3.8) is 0 Å². The highest BCUT2D eigenvalue weighted by Crippen LogP contribution is 2.33. The number of nitrogens with one attached hydrogen (secondary N) is 1. The van der Waals surface area contributed by atoms with Gasteiger partial charge in [0.05, 0.1) is 0 Å². The van der Waals surface area contributed by atoms with E-state index in [2.05, 4.69) is 17.5 Å². The van der Waals surface area contributed by atoms with Crippen LogP contribution in [0.2, 0.25) is 0 Å². The minimum atomic E-state index is -0.678. The summed E-state index contributed by atoms with van der Waals surface area (Å²) < 4.78 is 0. The SMILES string of the molecule is O=C(O)C1(NC2C=CCCC2)CCC1. The van der Waals surface area contributed by atoms with E-state index in [0.717, 1.165) is 32.1 Å². The maximum Gasteiger partial charge on any atom is 0.323 e. The van der Waals surface area contributed by atoms with Gasteiger partial charge in [0.2, 0.25) is 0 Å². The van der Waals surface area contributed by atoms with Crippen molar-refractivity contribution >= 4 is 5.97 Å². The Morgan fingerprint density at radius 3 is 2.64 bits per heavy atom. The Morgan fingerprint density at radius 1 is 1.43 bits per heavy atom. The monoisotopic (exact) mass is 195 g/mol. The summed E-state index contributed by atoms with van der Waals surface area (Å²) in [7, 11) is 0. The van der Waals surface area contributed by atoms with Crippen molar-refractivity contribution in [2.24, 2.45) is 0 Å². The number of hydrogen-bond acceptors (Lipinski definition) is 2. The fourth-order valence-corrected chi connectivity index (χ4v) is 2.24. The summed E-state index contributed by atoms with van der Waals surface area (Å²) in [6.07, 6.45) is 10.3. The fraction of sp³-hybridized carbons (Fsp3) is 0.727. The maximum absolute atomic E-state index is 11.1. The summed E-state index contributed by atoms with van der Waals surface area (Å²) in [5, 5.41) is 12.4. The van der Waals surface area contributed by atoms with Crippen molar-refractivity contribution < 1.29 is 9.90 Å². The van der Waals surface area contributed by atoms with Gasteiger partial charge in [-0.1, -0.05) is 12.2 Å². The number of aliphatic carboxylic acids is 1. The first-order chi connectivity index (χ1) is 6.73. The van der Waals surface area contributed by atoms with E-state index in [0.29, 0.717) is 0 Å². The van der Waals surface area contributed by atoms with Crippen molar-refractivity contribution in [2.75, 3.05) is 0 Å². The van der Waals surface area contributed by atoms with E-state index >= 15 is 0 Å². The lowest BCUT2D eigenvalue weighted by atomic mass is 9.76. The van der Waals surface area contributed by atoms with Crippen LogP contribution in [0.25, 0.3) is 0 Å². The van der Waals surface area contributed by atoms with E-state index in [1.165, 1.54) is 6.42 Å². The lowest BCUT2D eigenvalue weighted by Gasteiger charge is -2.41. The van der Waals surface area contributed by atoms with Crippen LogP contribution < -0.4 is 5.32 Å². The molecule has 2 aliphatic rings. The number of carboxylic acids is 1. The quantitative estimate of drug-likeness (QED) is 0.674. The van der Waals surface area contributed by atoms with E-state index in [4.69, 9.17) is 5.11 Å². The minimum absolute atomic E-state index is 0.278. The Hall–Kier alpha value is -0.830. The third-order valence-electron chi connectivity index (χ3n) is 3.33. The molecule has 0 aromatic heterocycles. The van der Waals surface area contributed by atoms with Crippen molar-refractivity contribution in [3.8, 4) is 0 Å². The molecule has 1 unspecified atom stereocenters. The second-order valence-corrected chi connectivity index (χ2v) is 4.35. The van der Waals surface area contributed by atoms with Crippen LogP contribution >= 0.6 is 0 Å². The molecule has 0 saturated heterocycles. The summed E-state index contributed by atoms with van der Waals surface area (Å²) >= 11 is 0. The van der Waals surface area contributed by atoms with E-state index in [1.54, 1.807) is 0 Å². The van der Waals surface area contributed by atoms with Gasteiger partial charge in [0.15, 0.2) is 0 Å². The molecule has 0 heterocycles. The molecular weight excluding hydrogens is 178 g/mol. The molecule has 78 valence electrons. The highest BCUT2D eigenvalue weighted by molar-refractivity contribution is 5.80. The van der Waals surface area contributed by atoms with Crippen molar-refractivity contribution in [2.45, 2.75) is 50.1 Å². The van der Waals surface area contributed by atoms with Gasteiger partial charge < -0.3 is 5.11 Å². The topological polar surface area (TPSA) is 49.3 Å². The summed E-state index contributed by atoms with van der Waals surface area (Å²) in [5.74, 6) is -0.678. The van der Waals surface area contributed by atoms with Crippen molar-refractivity contribution in [3.05, 3.63) is 12.2 Å². The first-order valence-electron chi connectivity index (χ1n) is 5.41. The average Bonchev–Trinajstić information content (AvgIpc) is 2.12. The predicted molar refractivity (Wildman–Crippen MR) is 54.1 cm³/mol. The van der Waals surface area contributed by atoms with Crippen LogP contribution in [-0.2, 0) is 4.79 Å². The smallest absolute Gasteiger partial charge is 0.323 e. The van der Waals surface area contributed by atoms with Crippen molar-refractivity contribution in [1.82, 2.24) is 5.32 Å². The average molecular weight is 195 g/mol. The lowest BCUT2D eigenvalue weighted by Crippen LogP contribution is -2.60. The predicted octanol–water partition coefficient (Wildman–Crippen LogP) is 1.69. The summed E-state index contributed by atoms with van der Waals surface area (Å²) in [5.41, 5.74) is -0.605. The Morgan fingerprint density at radius 2 is 2.21 bits per heavy atom. The molecule has 1 saturated carbocycles. The van der Waals surface area contributed by atoms with Gasteiger partial charge in [0, 0.05) is 6.04 Å². The Kier molecular flexibility index (Phi) is 2.59. The summed E-state index contributed by atoms with van der Waals surface area (Å²) in [6, 6.07) is 0.278. The Balaban J connectivity index is 1.97. The number of carbonyl (C=O) groups is 1. The van der Waals surface area contributed by atoms with Crippen molar-refractivity contribution in [1.29, 1.82) is 0 Å². The van der Waals surface area contributed by atoms with E-state index in [-0.39, 0.29) is 6.04 Å². The molecule has 2 N–H and O–H groups in total. The van der Waals surface area contributed by atoms with Crippen LogP contribution in [0.5, 0.6) is 0 Å². The fourth-order valence-electron chi connectivity index (χ4n) is 2.24. The zero-order valence-electron chi connectivity index (χ0n) is 8.33. The number of allylic oxidation sites excluding steroid dienone is 1. The minimum Gasteiger partial charge on any atom is -0.480 e. The highest BCUT2D eigenvalue weighted by Gasteiger charge is 2.45. The molecule has 3 heteroatoms. The van der Waals surface area contributed by atoms with E-state index in [1.807, 2.05) is 0 Å². The van der Waals surface area contributed by atoms with Gasteiger partial charge in [0.1, 0.15) is 5.54 Å². The molecule has 0 aromatic rings. The van der Waals surface area contributed by atoms with Gasteiger partial charge >= 0.3 is 5.97 Å². The van der Waals surface area contributed by atoms with Crippen LogP contribution in [0.1, 0.15) is 38.5 Å². The standard InChI is InChI=1S/C11H17NO2/c13-10(14)11(7-4-8-11)12-9-5-2-1-3-6-9/h2,5,9,12H,1,3-4,6-8H2,(H,13,14). The zero-order chi connectivity index (χ0) is 10.0. The molecule has 2 rings (SSSR count). The van der Waals surface area contributed by atoms with Crippen LogP contribution in [-0.4, -0.2) is 22.7 Å². The first kappa shape index (κ1) is 9.71. The van der Waals surface area contributed by atoms with E-state index < -0.39 is 11.5 Å². The number of carboxylic acid groups (broad SMARTS) is 1. The van der Waals surface area contributed by atoms with Crippen LogP contribution in [0.3, 0.4) is 0 Å². The molecule has 0 aromatic carbocycles. The normalized spacial score (nSPS) is 29.6. The number of hydrogen-bond donors (Lipinski definition) is 2. The van der Waals surface area contributed by atoms with Gasteiger partial charge in [0.25, 0.3) is 0 Å². The first-order valence-corrected chi connectivity index (χ1v) is 5.41. The molecule has 0 spiro atoms. The molecule has 0 aliphatic heterocycles. The third kappa shape index (κ3) is 1.69. The van der Waals surface area contributed by atoms with Gasteiger partial charge in [-0.2, -0.15) is 0 Å². The highest BCUT2D eigenvalue weighted by atomic mass is 16.4. The molecule has 0 amide bonds. The Labute approximate surface area is 84.2 Å². The van der Waals surface area contributed by atoms with Crippen LogP contribution in [0, 0.1) is 0 Å². The largest absolute Gasteiger partial charge is 0.480 e. The maximum atomic E-state index is 11.1. The molecule has 1 atom stereocenters. The molecule has 1 fully saturated rings. The molecule has 0 radical (unpaired) electrons. The van der Waals surface area contributed by atoms with Gasteiger partial charge in [-0.05, 0) is 38.5 Å². The van der Waals surface area contributed by atoms with E-state index in [9.17, 15) is 4.79 Å². The molecular formula is C11H17NO2. The number of rotatable bonds is 3.